The topological polar surface area (TPSA) is 40.1 Å². The molecule has 0 unspecified atom stereocenters. The van der Waals surface area contributed by atoms with Crippen LogP contribution in [0.1, 0.15) is 5.56 Å². The maximum Gasteiger partial charge on any atom is 0.401 e. The Morgan fingerprint density at radius 3 is 2.26 bits per heavy atom. The van der Waals surface area contributed by atoms with Crippen molar-refractivity contribution in [1.29, 1.82) is 0 Å². The van der Waals surface area contributed by atoms with Gasteiger partial charge in [-0.1, -0.05) is 12.1 Å². The maximum absolute atomic E-state index is 12.3. The first-order valence-corrected chi connectivity index (χ1v) is 7.81. The molecule has 0 saturated carbocycles. The molecular weight excluding hydrogens is 486 g/mol. The van der Waals surface area contributed by atoms with Gasteiger partial charge in [-0.15, -0.1) is 24.0 Å². The summed E-state index contributed by atoms with van der Waals surface area (Å²) in [4.78, 5) is 7.02. The lowest BCUT2D eigenvalue weighted by atomic mass is 10.2. The van der Waals surface area contributed by atoms with E-state index in [-0.39, 0.29) is 36.3 Å². The minimum atomic E-state index is -4.23. The van der Waals surface area contributed by atoms with Gasteiger partial charge < -0.3 is 15.0 Å². The SMILES string of the molecule is CN=C(NCCN(C)CC(F)(F)F)N(C)Cc1ccc(OC(F)F)cc1.I. The molecule has 0 radical (unpaired) electrons. The highest BCUT2D eigenvalue weighted by molar-refractivity contribution is 14.0. The van der Waals surface area contributed by atoms with Gasteiger partial charge in [-0.2, -0.15) is 22.0 Å². The van der Waals surface area contributed by atoms with E-state index in [2.05, 4.69) is 15.0 Å². The van der Waals surface area contributed by atoms with Gasteiger partial charge in [0.25, 0.3) is 0 Å². The third kappa shape index (κ3) is 11.2. The van der Waals surface area contributed by atoms with Gasteiger partial charge in [-0.25, -0.2) is 0 Å². The van der Waals surface area contributed by atoms with Crippen molar-refractivity contribution in [3.63, 3.8) is 0 Å². The first-order chi connectivity index (χ1) is 12.1. The van der Waals surface area contributed by atoms with Gasteiger partial charge in [0.1, 0.15) is 5.75 Å². The van der Waals surface area contributed by atoms with Gasteiger partial charge >= 0.3 is 12.8 Å². The summed E-state index contributed by atoms with van der Waals surface area (Å²) < 4.78 is 65.4. The van der Waals surface area contributed by atoms with E-state index in [4.69, 9.17) is 0 Å². The number of halogens is 6. The van der Waals surface area contributed by atoms with Crippen LogP contribution in [0.5, 0.6) is 5.75 Å². The van der Waals surface area contributed by atoms with E-state index < -0.39 is 19.3 Å². The van der Waals surface area contributed by atoms with Gasteiger partial charge in [-0.3, -0.25) is 9.89 Å². The van der Waals surface area contributed by atoms with Crippen molar-refractivity contribution in [2.75, 3.05) is 40.8 Å². The predicted molar refractivity (Wildman–Crippen MR) is 105 cm³/mol. The molecule has 27 heavy (non-hydrogen) atoms. The second-order valence-corrected chi connectivity index (χ2v) is 5.71. The summed E-state index contributed by atoms with van der Waals surface area (Å²) in [6.07, 6.45) is -4.23. The summed E-state index contributed by atoms with van der Waals surface area (Å²) in [6.45, 7) is -2.91. The average Bonchev–Trinajstić information content (AvgIpc) is 2.51. The van der Waals surface area contributed by atoms with Crippen LogP contribution in [-0.4, -0.2) is 69.3 Å². The minimum Gasteiger partial charge on any atom is -0.435 e. The molecule has 1 rings (SSSR count). The second kappa shape index (κ2) is 12.2. The Hall–Kier alpha value is -1.37. The van der Waals surface area contributed by atoms with Crippen LogP contribution in [0.25, 0.3) is 0 Å². The van der Waals surface area contributed by atoms with Crippen molar-refractivity contribution in [3.8, 4) is 5.75 Å². The number of likely N-dealkylation sites (N-methyl/N-ethyl adjacent to an activating group) is 1. The number of rotatable bonds is 8. The third-order valence-corrected chi connectivity index (χ3v) is 3.37. The van der Waals surface area contributed by atoms with E-state index >= 15 is 0 Å². The molecule has 0 fully saturated rings. The van der Waals surface area contributed by atoms with E-state index in [9.17, 15) is 22.0 Å². The number of benzene rings is 1. The van der Waals surface area contributed by atoms with E-state index in [1.54, 1.807) is 31.1 Å². The molecule has 1 aromatic rings. The van der Waals surface area contributed by atoms with Gasteiger partial charge in [-0.05, 0) is 24.7 Å². The van der Waals surface area contributed by atoms with Crippen LogP contribution in [0, 0.1) is 0 Å². The van der Waals surface area contributed by atoms with Crippen molar-refractivity contribution in [1.82, 2.24) is 15.1 Å². The number of hydrogen-bond donors (Lipinski definition) is 1. The Balaban J connectivity index is 0.00000676. The van der Waals surface area contributed by atoms with Crippen LogP contribution in [0.15, 0.2) is 29.3 Å². The normalized spacial score (nSPS) is 12.1. The van der Waals surface area contributed by atoms with E-state index in [1.165, 1.54) is 24.1 Å². The largest absolute Gasteiger partial charge is 0.435 e. The molecule has 0 bridgehead atoms. The Labute approximate surface area is 172 Å². The number of nitrogens with zero attached hydrogens (tertiary/aromatic N) is 3. The first kappa shape index (κ1) is 25.6. The zero-order valence-corrected chi connectivity index (χ0v) is 17.6. The zero-order chi connectivity index (χ0) is 19.7. The summed E-state index contributed by atoms with van der Waals surface area (Å²) in [5, 5.41) is 2.99. The molecule has 1 N–H and O–H groups in total. The maximum atomic E-state index is 12.3. The summed E-state index contributed by atoms with van der Waals surface area (Å²) >= 11 is 0. The molecule has 11 heteroatoms. The summed E-state index contributed by atoms with van der Waals surface area (Å²) in [7, 11) is 4.72. The number of ether oxygens (including phenoxy) is 1. The van der Waals surface area contributed by atoms with Crippen LogP contribution >= 0.6 is 24.0 Å². The van der Waals surface area contributed by atoms with Crippen molar-refractivity contribution in [2.45, 2.75) is 19.3 Å². The molecule has 0 aromatic heterocycles. The van der Waals surface area contributed by atoms with Crippen LogP contribution in [0.2, 0.25) is 0 Å². The van der Waals surface area contributed by atoms with Crippen LogP contribution in [0.4, 0.5) is 22.0 Å². The minimum absolute atomic E-state index is 0. The highest BCUT2D eigenvalue weighted by Gasteiger charge is 2.28. The molecule has 156 valence electrons. The fourth-order valence-electron chi connectivity index (χ4n) is 2.25. The average molecular weight is 510 g/mol. The van der Waals surface area contributed by atoms with Crippen LogP contribution in [-0.2, 0) is 6.54 Å². The lowest BCUT2D eigenvalue weighted by molar-refractivity contribution is -0.142. The molecule has 0 saturated heterocycles. The highest BCUT2D eigenvalue weighted by atomic mass is 127. The molecule has 0 atom stereocenters. The predicted octanol–water partition coefficient (Wildman–Crippen LogP) is 3.41. The highest BCUT2D eigenvalue weighted by Crippen LogP contribution is 2.16. The number of alkyl halides is 5. The number of guanidine groups is 1. The van der Waals surface area contributed by atoms with E-state index in [0.717, 1.165) is 5.56 Å². The molecule has 5 nitrogen and oxygen atoms in total. The van der Waals surface area contributed by atoms with Gasteiger partial charge in [0.15, 0.2) is 5.96 Å². The summed E-state index contributed by atoms with van der Waals surface area (Å²) in [6, 6.07) is 6.19. The van der Waals surface area contributed by atoms with Crippen LogP contribution in [0.3, 0.4) is 0 Å². The van der Waals surface area contributed by atoms with Gasteiger partial charge in [0, 0.05) is 33.7 Å². The number of hydrogen-bond acceptors (Lipinski definition) is 3. The Kier molecular flexibility index (Phi) is 11.5. The smallest absolute Gasteiger partial charge is 0.401 e. The van der Waals surface area contributed by atoms with E-state index in [0.29, 0.717) is 19.0 Å². The molecule has 0 amide bonds. The van der Waals surface area contributed by atoms with Crippen molar-refractivity contribution < 1.29 is 26.7 Å². The molecule has 0 aliphatic heterocycles. The Morgan fingerprint density at radius 2 is 1.78 bits per heavy atom. The third-order valence-electron chi connectivity index (χ3n) is 3.37. The molecule has 1 aromatic carbocycles. The lowest BCUT2D eigenvalue weighted by Crippen LogP contribution is -2.43. The van der Waals surface area contributed by atoms with E-state index in [1.807, 2.05) is 0 Å². The van der Waals surface area contributed by atoms with Gasteiger partial charge in [0.2, 0.25) is 0 Å². The zero-order valence-electron chi connectivity index (χ0n) is 15.3. The molecule has 0 aliphatic carbocycles. The van der Waals surface area contributed by atoms with Gasteiger partial charge in [0.05, 0.1) is 6.54 Å². The Morgan fingerprint density at radius 1 is 1.19 bits per heavy atom. The quantitative estimate of drug-likeness (QED) is 0.252. The number of aliphatic imine (C=N–C) groups is 1. The van der Waals surface area contributed by atoms with Crippen LogP contribution < -0.4 is 10.1 Å². The van der Waals surface area contributed by atoms with Crippen molar-refractivity contribution in [3.05, 3.63) is 29.8 Å². The fourth-order valence-corrected chi connectivity index (χ4v) is 2.25. The number of nitrogens with one attached hydrogen (secondary N) is 1. The molecular formula is C16H24F5IN4O. The Bertz CT molecular complexity index is 569. The fraction of sp³-hybridized carbons (Fsp3) is 0.562. The molecule has 0 spiro atoms. The second-order valence-electron chi connectivity index (χ2n) is 5.71. The van der Waals surface area contributed by atoms with Crippen molar-refractivity contribution >= 4 is 29.9 Å². The first-order valence-electron chi connectivity index (χ1n) is 7.81. The monoisotopic (exact) mass is 510 g/mol. The summed E-state index contributed by atoms with van der Waals surface area (Å²) in [5.41, 5.74) is 0.839. The lowest BCUT2D eigenvalue weighted by Gasteiger charge is -2.24. The standard InChI is InChI=1S/C16H23F5N4O.HI/c1-22-15(23-8-9-24(2)11-16(19,20)21)25(3)10-12-4-6-13(7-5-12)26-14(17)18;/h4-7,14H,8-11H2,1-3H3,(H,22,23);1H. The molecule has 0 aliphatic rings. The van der Waals surface area contributed by atoms with Crippen molar-refractivity contribution in [2.24, 2.45) is 4.99 Å². The summed E-state index contributed by atoms with van der Waals surface area (Å²) in [5.74, 6) is 0.583. The molecule has 0 heterocycles.